The van der Waals surface area contributed by atoms with Gasteiger partial charge in [0.05, 0.1) is 18.3 Å². The number of hydrogen-bond donors (Lipinski definition) is 1. The normalized spacial score (nSPS) is 19.0. The van der Waals surface area contributed by atoms with E-state index in [0.717, 1.165) is 11.3 Å². The van der Waals surface area contributed by atoms with Crippen molar-refractivity contribution in [1.29, 1.82) is 0 Å². The Hall–Kier alpha value is -3.36. The molecule has 3 aromatic rings. The third kappa shape index (κ3) is 5.83. The molecule has 0 saturated carbocycles. The van der Waals surface area contributed by atoms with Gasteiger partial charge in [0, 0.05) is 43.5 Å². The lowest BCUT2D eigenvalue weighted by Gasteiger charge is -2.37. The molecule has 3 heterocycles. The number of likely N-dealkylation sites (N-methyl/N-ethyl adjacent to an activating group) is 1. The van der Waals surface area contributed by atoms with Gasteiger partial charge in [-0.05, 0) is 49.9 Å². The van der Waals surface area contributed by atoms with Crippen LogP contribution in [0.3, 0.4) is 0 Å². The summed E-state index contributed by atoms with van der Waals surface area (Å²) in [7, 11) is 2.01. The van der Waals surface area contributed by atoms with Crippen LogP contribution >= 0.6 is 0 Å². The SMILES string of the molecule is C[C@@H]1CN([C@H](C)CO)C(=O)c2cc(-c3ccc(F)cc3)cnc2O[C@@H]1CN(C)Cc1ccccn1. The summed E-state index contributed by atoms with van der Waals surface area (Å²) in [6.07, 6.45) is 3.17. The van der Waals surface area contributed by atoms with Crippen LogP contribution in [0.25, 0.3) is 11.1 Å². The van der Waals surface area contributed by atoms with Crippen molar-refractivity contribution in [2.45, 2.75) is 32.5 Å². The Morgan fingerprint density at radius 2 is 1.97 bits per heavy atom. The van der Waals surface area contributed by atoms with Crippen LogP contribution in [-0.2, 0) is 6.54 Å². The van der Waals surface area contributed by atoms with Gasteiger partial charge >= 0.3 is 0 Å². The van der Waals surface area contributed by atoms with Crippen LogP contribution in [0.5, 0.6) is 5.88 Å². The molecule has 4 rings (SSSR count). The molecule has 1 aliphatic heterocycles. The molecule has 1 N–H and O–H groups in total. The Bertz CT molecular complexity index is 1140. The fourth-order valence-corrected chi connectivity index (χ4v) is 4.26. The number of aliphatic hydroxyl groups excluding tert-OH is 1. The van der Waals surface area contributed by atoms with E-state index in [-0.39, 0.29) is 42.3 Å². The van der Waals surface area contributed by atoms with Crippen molar-refractivity contribution in [2.24, 2.45) is 5.92 Å². The van der Waals surface area contributed by atoms with Gasteiger partial charge in [0.15, 0.2) is 0 Å². The van der Waals surface area contributed by atoms with E-state index in [4.69, 9.17) is 4.74 Å². The second-order valence-corrected chi connectivity index (χ2v) is 9.22. The Labute approximate surface area is 205 Å². The van der Waals surface area contributed by atoms with E-state index >= 15 is 0 Å². The molecular formula is C27H31FN4O3. The molecule has 3 atom stereocenters. The van der Waals surface area contributed by atoms with Crippen molar-refractivity contribution >= 4 is 5.91 Å². The number of aliphatic hydroxyl groups is 1. The molecule has 0 radical (unpaired) electrons. The molecule has 7 nitrogen and oxygen atoms in total. The monoisotopic (exact) mass is 478 g/mol. The van der Waals surface area contributed by atoms with Crippen LogP contribution in [-0.4, -0.2) is 69.7 Å². The lowest BCUT2D eigenvalue weighted by atomic mass is 9.99. The molecule has 2 aromatic heterocycles. The highest BCUT2D eigenvalue weighted by Gasteiger charge is 2.34. The van der Waals surface area contributed by atoms with E-state index in [1.54, 1.807) is 35.5 Å². The fourth-order valence-electron chi connectivity index (χ4n) is 4.26. The molecule has 8 heteroatoms. The molecule has 0 unspecified atom stereocenters. The molecule has 1 aliphatic rings. The third-order valence-corrected chi connectivity index (χ3v) is 6.35. The van der Waals surface area contributed by atoms with Crippen molar-refractivity contribution in [3.05, 3.63) is 78.0 Å². The lowest BCUT2D eigenvalue weighted by molar-refractivity contribution is 0.0324. The average molecular weight is 479 g/mol. The van der Waals surface area contributed by atoms with Gasteiger partial charge in [0.25, 0.3) is 5.91 Å². The van der Waals surface area contributed by atoms with Gasteiger partial charge in [-0.1, -0.05) is 25.1 Å². The molecule has 1 aromatic carbocycles. The maximum Gasteiger partial charge on any atom is 0.259 e. The van der Waals surface area contributed by atoms with Gasteiger partial charge in [-0.3, -0.25) is 14.7 Å². The zero-order valence-corrected chi connectivity index (χ0v) is 20.3. The standard InChI is InChI=1S/C27H31FN4O3/c1-18-14-32(19(2)17-33)27(34)24-12-21(20-7-9-22(28)10-8-20)13-30-26(24)35-25(18)16-31(3)15-23-6-4-5-11-29-23/h4-13,18-19,25,33H,14-17H2,1-3H3/t18-,19-,25-/m1/s1. The number of carbonyl (C=O) groups is 1. The molecule has 0 bridgehead atoms. The van der Waals surface area contributed by atoms with E-state index in [2.05, 4.69) is 14.9 Å². The summed E-state index contributed by atoms with van der Waals surface area (Å²) in [5.74, 6) is -0.322. The number of aromatic nitrogens is 2. The Morgan fingerprint density at radius 3 is 2.66 bits per heavy atom. The zero-order chi connectivity index (χ0) is 24.9. The molecule has 0 saturated heterocycles. The highest BCUT2D eigenvalue weighted by Crippen LogP contribution is 2.30. The van der Waals surface area contributed by atoms with Crippen LogP contribution in [0.4, 0.5) is 4.39 Å². The van der Waals surface area contributed by atoms with Crippen LogP contribution < -0.4 is 4.74 Å². The van der Waals surface area contributed by atoms with Crippen molar-refractivity contribution < 1.29 is 19.0 Å². The number of rotatable bonds is 7. The first-order chi connectivity index (χ1) is 16.9. The van der Waals surface area contributed by atoms with E-state index < -0.39 is 0 Å². The highest BCUT2D eigenvalue weighted by atomic mass is 19.1. The number of halogens is 1. The van der Waals surface area contributed by atoms with Crippen LogP contribution in [0.2, 0.25) is 0 Å². The first-order valence-electron chi connectivity index (χ1n) is 11.8. The second kappa shape index (κ2) is 10.9. The van der Waals surface area contributed by atoms with Gasteiger partial charge in [-0.15, -0.1) is 0 Å². The van der Waals surface area contributed by atoms with Gasteiger partial charge in [-0.25, -0.2) is 9.37 Å². The highest BCUT2D eigenvalue weighted by molar-refractivity contribution is 5.98. The Morgan fingerprint density at radius 1 is 1.20 bits per heavy atom. The summed E-state index contributed by atoms with van der Waals surface area (Å²) in [5.41, 5.74) is 2.73. The quantitative estimate of drug-likeness (QED) is 0.559. The third-order valence-electron chi connectivity index (χ3n) is 6.35. The molecule has 184 valence electrons. The number of ether oxygens (including phenoxy) is 1. The smallest absolute Gasteiger partial charge is 0.259 e. The number of amides is 1. The largest absolute Gasteiger partial charge is 0.472 e. The second-order valence-electron chi connectivity index (χ2n) is 9.22. The minimum atomic E-state index is -0.364. The molecule has 0 spiro atoms. The predicted molar refractivity (Wildman–Crippen MR) is 131 cm³/mol. The summed E-state index contributed by atoms with van der Waals surface area (Å²) in [6.45, 7) is 5.42. The van der Waals surface area contributed by atoms with Crippen molar-refractivity contribution in [3.63, 3.8) is 0 Å². The number of pyridine rings is 2. The number of hydrogen-bond acceptors (Lipinski definition) is 6. The number of benzene rings is 1. The van der Waals surface area contributed by atoms with Crippen molar-refractivity contribution in [3.8, 4) is 17.0 Å². The average Bonchev–Trinajstić information content (AvgIpc) is 2.86. The minimum absolute atomic E-state index is 0.00847. The summed E-state index contributed by atoms with van der Waals surface area (Å²) >= 11 is 0. The minimum Gasteiger partial charge on any atom is -0.472 e. The van der Waals surface area contributed by atoms with Gasteiger partial charge < -0.3 is 14.7 Å². The summed E-state index contributed by atoms with van der Waals surface area (Å²) in [6, 6.07) is 13.3. The predicted octanol–water partition coefficient (Wildman–Crippen LogP) is 3.63. The number of fused-ring (bicyclic) bond motifs is 1. The van der Waals surface area contributed by atoms with Crippen LogP contribution in [0.1, 0.15) is 29.9 Å². The fraction of sp³-hybridized carbons (Fsp3) is 0.370. The van der Waals surface area contributed by atoms with E-state index in [1.807, 2.05) is 39.1 Å². The molecule has 1 amide bonds. The van der Waals surface area contributed by atoms with Crippen molar-refractivity contribution in [2.75, 3.05) is 26.7 Å². The van der Waals surface area contributed by atoms with Crippen molar-refractivity contribution in [1.82, 2.24) is 19.8 Å². The van der Waals surface area contributed by atoms with Crippen LogP contribution in [0, 0.1) is 11.7 Å². The summed E-state index contributed by atoms with van der Waals surface area (Å²) in [4.78, 5) is 26.3. The summed E-state index contributed by atoms with van der Waals surface area (Å²) < 4.78 is 19.8. The van der Waals surface area contributed by atoms with Gasteiger partial charge in [0.2, 0.25) is 5.88 Å². The van der Waals surface area contributed by atoms with E-state index in [9.17, 15) is 14.3 Å². The molecule has 35 heavy (non-hydrogen) atoms. The lowest BCUT2D eigenvalue weighted by Crippen LogP contribution is -2.49. The Kier molecular flexibility index (Phi) is 7.73. The first kappa shape index (κ1) is 24.8. The Balaban J connectivity index is 1.65. The van der Waals surface area contributed by atoms with Gasteiger partial charge in [0.1, 0.15) is 17.5 Å². The first-order valence-corrected chi connectivity index (χ1v) is 11.8. The number of carbonyl (C=O) groups excluding carboxylic acids is 1. The molecule has 0 fully saturated rings. The maximum absolute atomic E-state index is 13.6. The maximum atomic E-state index is 13.6. The van der Waals surface area contributed by atoms with Crippen LogP contribution in [0.15, 0.2) is 60.9 Å². The van der Waals surface area contributed by atoms with E-state index in [1.165, 1.54) is 12.1 Å². The molecule has 0 aliphatic carbocycles. The zero-order valence-electron chi connectivity index (χ0n) is 20.3. The topological polar surface area (TPSA) is 78.8 Å². The number of nitrogens with zero attached hydrogens (tertiary/aromatic N) is 4. The van der Waals surface area contributed by atoms with Gasteiger partial charge in [-0.2, -0.15) is 0 Å². The summed E-state index contributed by atoms with van der Waals surface area (Å²) in [5, 5.41) is 9.84. The molecular weight excluding hydrogens is 447 g/mol. The van der Waals surface area contributed by atoms with E-state index in [0.29, 0.717) is 30.8 Å².